The summed E-state index contributed by atoms with van der Waals surface area (Å²) in [5.74, 6) is 1.21. The number of para-hydroxylation sites is 3. The molecular formula is C20H25ClN2O3. The van der Waals surface area contributed by atoms with Gasteiger partial charge in [-0.15, -0.1) is 0 Å². The molecule has 1 amide bonds. The van der Waals surface area contributed by atoms with Crippen LogP contribution in [0.25, 0.3) is 0 Å². The third kappa shape index (κ3) is 5.64. The molecule has 6 heteroatoms. The van der Waals surface area contributed by atoms with Crippen LogP contribution in [-0.2, 0) is 4.79 Å². The molecule has 0 saturated heterocycles. The number of halogens is 1. The third-order valence-electron chi connectivity index (χ3n) is 4.02. The van der Waals surface area contributed by atoms with Crippen molar-refractivity contribution in [2.45, 2.75) is 19.9 Å². The maximum absolute atomic E-state index is 12.5. The van der Waals surface area contributed by atoms with Gasteiger partial charge in [-0.1, -0.05) is 35.9 Å². The molecule has 0 aliphatic rings. The first-order chi connectivity index (χ1) is 12.5. The molecule has 0 spiro atoms. The van der Waals surface area contributed by atoms with Gasteiger partial charge in [0, 0.05) is 6.54 Å². The van der Waals surface area contributed by atoms with Gasteiger partial charge in [0.25, 0.3) is 0 Å². The van der Waals surface area contributed by atoms with Crippen molar-refractivity contribution in [1.29, 1.82) is 0 Å². The van der Waals surface area contributed by atoms with Gasteiger partial charge >= 0.3 is 0 Å². The highest BCUT2D eigenvalue weighted by molar-refractivity contribution is 6.32. The maximum atomic E-state index is 12.5. The predicted octanol–water partition coefficient (Wildman–Crippen LogP) is 4.08. The fourth-order valence-electron chi connectivity index (χ4n) is 2.34. The summed E-state index contributed by atoms with van der Waals surface area (Å²) in [6.45, 7) is 5.34. The summed E-state index contributed by atoms with van der Waals surface area (Å²) in [6.07, 6.45) is 0. The van der Waals surface area contributed by atoms with Crippen LogP contribution in [0.2, 0.25) is 5.02 Å². The second-order valence-electron chi connectivity index (χ2n) is 5.85. The van der Waals surface area contributed by atoms with E-state index in [1.54, 1.807) is 6.07 Å². The fourth-order valence-corrected chi connectivity index (χ4v) is 2.53. The lowest BCUT2D eigenvalue weighted by atomic mass is 10.2. The SMILES string of the molecule is CCOc1ccccc1NC(=O)C(C)N(C)CCOc1ccccc1Cl. The minimum atomic E-state index is -0.320. The zero-order valence-electron chi connectivity index (χ0n) is 15.4. The summed E-state index contributed by atoms with van der Waals surface area (Å²) < 4.78 is 11.2. The average molecular weight is 377 g/mol. The molecule has 1 atom stereocenters. The molecule has 2 aromatic rings. The van der Waals surface area contributed by atoms with Gasteiger partial charge in [0.2, 0.25) is 5.91 Å². The second kappa shape index (κ2) is 10.0. The van der Waals surface area contributed by atoms with Crippen molar-refractivity contribution < 1.29 is 14.3 Å². The van der Waals surface area contributed by atoms with Crippen LogP contribution >= 0.6 is 11.6 Å². The fraction of sp³-hybridized carbons (Fsp3) is 0.350. The van der Waals surface area contributed by atoms with Crippen LogP contribution in [0.4, 0.5) is 5.69 Å². The van der Waals surface area contributed by atoms with Crippen molar-refractivity contribution in [3.05, 3.63) is 53.6 Å². The monoisotopic (exact) mass is 376 g/mol. The Bertz CT molecular complexity index is 724. The summed E-state index contributed by atoms with van der Waals surface area (Å²) >= 11 is 6.07. The largest absolute Gasteiger partial charge is 0.492 e. The zero-order chi connectivity index (χ0) is 18.9. The van der Waals surface area contributed by atoms with E-state index in [2.05, 4.69) is 5.32 Å². The molecule has 1 N–H and O–H groups in total. The van der Waals surface area contributed by atoms with E-state index in [1.807, 2.05) is 68.3 Å². The van der Waals surface area contributed by atoms with Gasteiger partial charge in [-0.2, -0.15) is 0 Å². The van der Waals surface area contributed by atoms with Crippen molar-refractivity contribution in [1.82, 2.24) is 4.90 Å². The predicted molar refractivity (Wildman–Crippen MR) is 105 cm³/mol. The highest BCUT2D eigenvalue weighted by Gasteiger charge is 2.19. The maximum Gasteiger partial charge on any atom is 0.241 e. The van der Waals surface area contributed by atoms with Crippen LogP contribution in [0.3, 0.4) is 0 Å². The number of rotatable bonds is 9. The zero-order valence-corrected chi connectivity index (χ0v) is 16.1. The molecule has 2 aromatic carbocycles. The number of nitrogens with zero attached hydrogens (tertiary/aromatic N) is 1. The highest BCUT2D eigenvalue weighted by Crippen LogP contribution is 2.24. The first kappa shape index (κ1) is 20.1. The first-order valence-electron chi connectivity index (χ1n) is 8.63. The third-order valence-corrected chi connectivity index (χ3v) is 4.34. The summed E-state index contributed by atoms with van der Waals surface area (Å²) in [5.41, 5.74) is 0.673. The minimum absolute atomic E-state index is 0.0996. The van der Waals surface area contributed by atoms with Crippen molar-refractivity contribution in [2.24, 2.45) is 0 Å². The van der Waals surface area contributed by atoms with E-state index in [4.69, 9.17) is 21.1 Å². The van der Waals surface area contributed by atoms with Crippen LogP contribution in [0.5, 0.6) is 11.5 Å². The molecule has 1 unspecified atom stereocenters. The van der Waals surface area contributed by atoms with E-state index < -0.39 is 0 Å². The Morgan fingerprint density at radius 2 is 1.77 bits per heavy atom. The quantitative estimate of drug-likeness (QED) is 0.716. The number of benzene rings is 2. The number of nitrogens with one attached hydrogen (secondary N) is 1. The number of carbonyl (C=O) groups excluding carboxylic acids is 1. The molecule has 5 nitrogen and oxygen atoms in total. The molecule has 0 fully saturated rings. The lowest BCUT2D eigenvalue weighted by Crippen LogP contribution is -2.41. The van der Waals surface area contributed by atoms with Gasteiger partial charge in [0.05, 0.1) is 23.4 Å². The van der Waals surface area contributed by atoms with Crippen LogP contribution in [0.1, 0.15) is 13.8 Å². The van der Waals surface area contributed by atoms with Crippen molar-refractivity contribution in [3.63, 3.8) is 0 Å². The standard InChI is InChI=1S/C20H25ClN2O3/c1-4-25-19-12-8-6-10-17(19)22-20(24)15(2)23(3)13-14-26-18-11-7-5-9-16(18)21/h5-12,15H,4,13-14H2,1-3H3,(H,22,24). The molecule has 0 radical (unpaired) electrons. The van der Waals surface area contributed by atoms with Gasteiger partial charge in [-0.05, 0) is 45.2 Å². The molecule has 0 aromatic heterocycles. The molecule has 0 heterocycles. The second-order valence-corrected chi connectivity index (χ2v) is 6.26. The summed E-state index contributed by atoms with van der Waals surface area (Å²) in [7, 11) is 1.88. The smallest absolute Gasteiger partial charge is 0.241 e. The molecule has 0 bridgehead atoms. The van der Waals surface area contributed by atoms with E-state index in [1.165, 1.54) is 0 Å². The number of hydrogen-bond acceptors (Lipinski definition) is 4. The Labute approximate surface area is 159 Å². The van der Waals surface area contributed by atoms with Crippen molar-refractivity contribution >= 4 is 23.2 Å². The summed E-state index contributed by atoms with van der Waals surface area (Å²) in [5, 5.41) is 3.50. The van der Waals surface area contributed by atoms with Crippen molar-refractivity contribution in [2.75, 3.05) is 32.1 Å². The molecular weight excluding hydrogens is 352 g/mol. The number of carbonyl (C=O) groups is 1. The number of anilines is 1. The average Bonchev–Trinajstić information content (AvgIpc) is 2.64. The Hall–Kier alpha value is -2.24. The van der Waals surface area contributed by atoms with Gasteiger partial charge in [-0.25, -0.2) is 0 Å². The molecule has 26 heavy (non-hydrogen) atoms. The Kier molecular flexibility index (Phi) is 7.75. The number of amides is 1. The molecule has 2 rings (SSSR count). The van der Waals surface area contributed by atoms with Crippen LogP contribution in [-0.4, -0.2) is 43.7 Å². The Balaban J connectivity index is 1.86. The van der Waals surface area contributed by atoms with Crippen molar-refractivity contribution in [3.8, 4) is 11.5 Å². The van der Waals surface area contributed by atoms with Gasteiger partial charge in [-0.3, -0.25) is 9.69 Å². The molecule has 0 aliphatic carbocycles. The van der Waals surface area contributed by atoms with Gasteiger partial charge < -0.3 is 14.8 Å². The van der Waals surface area contributed by atoms with E-state index in [-0.39, 0.29) is 11.9 Å². The highest BCUT2D eigenvalue weighted by atomic mass is 35.5. The molecule has 140 valence electrons. The van der Waals surface area contributed by atoms with E-state index >= 15 is 0 Å². The molecule has 0 saturated carbocycles. The topological polar surface area (TPSA) is 50.8 Å². The van der Waals surface area contributed by atoms with Gasteiger partial charge in [0.15, 0.2) is 0 Å². The summed E-state index contributed by atoms with van der Waals surface area (Å²) in [6, 6.07) is 14.4. The Morgan fingerprint density at radius 1 is 1.12 bits per heavy atom. The Morgan fingerprint density at radius 3 is 2.46 bits per heavy atom. The van der Waals surface area contributed by atoms with Crippen LogP contribution in [0.15, 0.2) is 48.5 Å². The van der Waals surface area contributed by atoms with E-state index in [0.29, 0.717) is 42.0 Å². The van der Waals surface area contributed by atoms with Gasteiger partial charge in [0.1, 0.15) is 18.1 Å². The number of hydrogen-bond donors (Lipinski definition) is 1. The summed E-state index contributed by atoms with van der Waals surface area (Å²) in [4.78, 5) is 14.5. The normalized spacial score (nSPS) is 11.9. The minimum Gasteiger partial charge on any atom is -0.492 e. The van der Waals surface area contributed by atoms with Crippen LogP contribution in [0, 0.1) is 0 Å². The van der Waals surface area contributed by atoms with E-state index in [9.17, 15) is 4.79 Å². The lowest BCUT2D eigenvalue weighted by Gasteiger charge is -2.24. The number of likely N-dealkylation sites (N-methyl/N-ethyl adjacent to an activating group) is 1. The lowest BCUT2D eigenvalue weighted by molar-refractivity contribution is -0.120. The molecule has 0 aliphatic heterocycles. The number of ether oxygens (including phenoxy) is 2. The van der Waals surface area contributed by atoms with Crippen LogP contribution < -0.4 is 14.8 Å². The first-order valence-corrected chi connectivity index (χ1v) is 9.01. The van der Waals surface area contributed by atoms with E-state index in [0.717, 1.165) is 0 Å².